The Labute approximate surface area is 184 Å². The van der Waals surface area contributed by atoms with E-state index < -0.39 is 16.8 Å². The lowest BCUT2D eigenvalue weighted by molar-refractivity contribution is -0.117. The first-order chi connectivity index (χ1) is 14.9. The largest absolute Gasteiger partial charge is 0.368 e. The van der Waals surface area contributed by atoms with Gasteiger partial charge in [-0.2, -0.15) is 10.5 Å². The van der Waals surface area contributed by atoms with Crippen molar-refractivity contribution >= 4 is 23.5 Å². The SMILES string of the molecule is CCc1c(C#N)c(S[C@@H](C(N)=O)c2ccccc2)nc(N2CC[C@](F)(CN)C2)c1C#N. The van der Waals surface area contributed by atoms with E-state index in [9.17, 15) is 19.7 Å². The molecule has 3 rings (SSSR count). The standard InChI is InChI=1S/C22H23FN6OS/c1-2-15-16(10-24)20(29-9-8-22(23,12-26)13-29)28-21(17(15)11-25)31-18(19(27)30)14-6-4-3-5-7-14/h3-7,18H,2,8-9,12-13,26H2,1H3,(H2,27,30)/t18-,22+/m1/s1. The zero-order valence-electron chi connectivity index (χ0n) is 17.1. The minimum absolute atomic E-state index is 0.0161. The molecule has 1 saturated heterocycles. The van der Waals surface area contributed by atoms with E-state index in [1.165, 1.54) is 0 Å². The molecule has 2 atom stereocenters. The Morgan fingerprint density at radius 1 is 1.32 bits per heavy atom. The summed E-state index contributed by atoms with van der Waals surface area (Å²) in [5.74, 6) is -0.261. The highest BCUT2D eigenvalue weighted by Crippen LogP contribution is 2.40. The number of thioether (sulfide) groups is 1. The van der Waals surface area contributed by atoms with Crippen molar-refractivity contribution in [2.75, 3.05) is 24.5 Å². The van der Waals surface area contributed by atoms with Crippen LogP contribution in [0.3, 0.4) is 0 Å². The second-order valence-electron chi connectivity index (χ2n) is 7.38. The van der Waals surface area contributed by atoms with Gasteiger partial charge in [-0.05, 0) is 17.5 Å². The Kier molecular flexibility index (Phi) is 6.79. The number of hydrogen-bond acceptors (Lipinski definition) is 7. The van der Waals surface area contributed by atoms with Crippen molar-refractivity contribution in [3.8, 4) is 12.1 Å². The summed E-state index contributed by atoms with van der Waals surface area (Å²) >= 11 is 1.07. The smallest absolute Gasteiger partial charge is 0.235 e. The number of nitrogens with zero attached hydrogens (tertiary/aromatic N) is 4. The normalized spacial score (nSPS) is 18.9. The molecule has 160 valence electrons. The van der Waals surface area contributed by atoms with E-state index in [0.717, 1.165) is 11.8 Å². The molecular weight excluding hydrogens is 415 g/mol. The molecular formula is C22H23FN6OS. The summed E-state index contributed by atoms with van der Waals surface area (Å²) in [7, 11) is 0. The zero-order valence-corrected chi connectivity index (χ0v) is 18.0. The van der Waals surface area contributed by atoms with Crippen LogP contribution in [-0.4, -0.2) is 36.2 Å². The predicted molar refractivity (Wildman–Crippen MR) is 117 cm³/mol. The van der Waals surface area contributed by atoms with Gasteiger partial charge in [-0.3, -0.25) is 4.79 Å². The highest BCUT2D eigenvalue weighted by atomic mass is 32.2. The first kappa shape index (κ1) is 22.5. The molecule has 0 unspecified atom stereocenters. The molecule has 0 bridgehead atoms. The minimum Gasteiger partial charge on any atom is -0.368 e. The van der Waals surface area contributed by atoms with Gasteiger partial charge in [0.15, 0.2) is 0 Å². The molecule has 1 amide bonds. The van der Waals surface area contributed by atoms with Gasteiger partial charge in [-0.15, -0.1) is 0 Å². The number of rotatable bonds is 7. The molecule has 2 aromatic rings. The van der Waals surface area contributed by atoms with Crippen LogP contribution >= 0.6 is 11.8 Å². The number of carbonyl (C=O) groups excluding carboxylic acids is 1. The van der Waals surface area contributed by atoms with Crippen LogP contribution in [0.1, 0.15) is 40.8 Å². The van der Waals surface area contributed by atoms with Gasteiger partial charge in [0.25, 0.3) is 0 Å². The van der Waals surface area contributed by atoms with E-state index in [1.54, 1.807) is 29.2 Å². The maximum Gasteiger partial charge on any atom is 0.235 e. The van der Waals surface area contributed by atoms with Crippen LogP contribution in [0, 0.1) is 22.7 Å². The summed E-state index contributed by atoms with van der Waals surface area (Å²) in [5, 5.41) is 19.2. The lowest BCUT2D eigenvalue weighted by atomic mass is 10.0. The summed E-state index contributed by atoms with van der Waals surface area (Å²) < 4.78 is 14.8. The minimum atomic E-state index is -1.55. The molecule has 1 aromatic carbocycles. The van der Waals surface area contributed by atoms with Crippen molar-refractivity contribution in [2.24, 2.45) is 11.5 Å². The van der Waals surface area contributed by atoms with Crippen molar-refractivity contribution in [3.63, 3.8) is 0 Å². The maximum atomic E-state index is 14.8. The number of carbonyl (C=O) groups is 1. The predicted octanol–water partition coefficient (Wildman–Crippen LogP) is 2.58. The fraction of sp³-hybridized carbons (Fsp3) is 0.364. The zero-order chi connectivity index (χ0) is 22.6. The van der Waals surface area contributed by atoms with Gasteiger partial charge < -0.3 is 16.4 Å². The van der Waals surface area contributed by atoms with Crippen LogP contribution in [0.2, 0.25) is 0 Å². The van der Waals surface area contributed by atoms with Gasteiger partial charge in [-0.25, -0.2) is 9.37 Å². The summed E-state index contributed by atoms with van der Waals surface area (Å²) in [4.78, 5) is 18.5. The average molecular weight is 439 g/mol. The highest BCUT2D eigenvalue weighted by Gasteiger charge is 2.39. The van der Waals surface area contributed by atoms with Crippen molar-refractivity contribution in [2.45, 2.75) is 35.7 Å². The van der Waals surface area contributed by atoms with Crippen LogP contribution in [0.4, 0.5) is 10.2 Å². The molecule has 1 fully saturated rings. The Balaban J connectivity index is 2.13. The molecule has 1 aliphatic rings. The highest BCUT2D eigenvalue weighted by molar-refractivity contribution is 8.00. The second kappa shape index (κ2) is 9.34. The van der Waals surface area contributed by atoms with Crippen molar-refractivity contribution in [1.82, 2.24) is 4.98 Å². The van der Waals surface area contributed by atoms with Crippen LogP contribution in [0.15, 0.2) is 35.4 Å². The van der Waals surface area contributed by atoms with Gasteiger partial charge in [-0.1, -0.05) is 49.0 Å². The third kappa shape index (κ3) is 4.48. The number of primary amides is 1. The summed E-state index contributed by atoms with van der Waals surface area (Å²) in [6, 6.07) is 13.2. The number of pyridine rings is 1. The summed E-state index contributed by atoms with van der Waals surface area (Å²) in [6.07, 6.45) is 0.640. The maximum absolute atomic E-state index is 14.8. The van der Waals surface area contributed by atoms with E-state index in [0.29, 0.717) is 34.9 Å². The van der Waals surface area contributed by atoms with Crippen molar-refractivity contribution in [1.29, 1.82) is 10.5 Å². The third-order valence-electron chi connectivity index (χ3n) is 5.39. The first-order valence-corrected chi connectivity index (χ1v) is 10.8. The van der Waals surface area contributed by atoms with Gasteiger partial charge in [0.2, 0.25) is 5.91 Å². The number of hydrogen-bond donors (Lipinski definition) is 2. The molecule has 2 heterocycles. The Morgan fingerprint density at radius 2 is 2.00 bits per heavy atom. The van der Waals surface area contributed by atoms with Crippen LogP contribution in [0.5, 0.6) is 0 Å². The van der Waals surface area contributed by atoms with Gasteiger partial charge >= 0.3 is 0 Å². The number of nitrogens with two attached hydrogens (primary N) is 2. The van der Waals surface area contributed by atoms with Crippen molar-refractivity contribution in [3.05, 3.63) is 52.6 Å². The average Bonchev–Trinajstić information content (AvgIpc) is 3.19. The second-order valence-corrected chi connectivity index (χ2v) is 8.48. The van der Waals surface area contributed by atoms with Crippen molar-refractivity contribution < 1.29 is 9.18 Å². The number of aromatic nitrogens is 1. The molecule has 9 heteroatoms. The number of amides is 1. The van der Waals surface area contributed by atoms with Crippen LogP contribution < -0.4 is 16.4 Å². The molecule has 0 spiro atoms. The molecule has 1 aromatic heterocycles. The lowest BCUT2D eigenvalue weighted by Crippen LogP contribution is -2.36. The van der Waals surface area contributed by atoms with E-state index in [2.05, 4.69) is 17.1 Å². The van der Waals surface area contributed by atoms with Crippen LogP contribution in [0.25, 0.3) is 0 Å². The number of nitriles is 2. The van der Waals surface area contributed by atoms with E-state index >= 15 is 0 Å². The number of benzene rings is 1. The van der Waals surface area contributed by atoms with E-state index in [4.69, 9.17) is 11.5 Å². The quantitative estimate of drug-likeness (QED) is 0.635. The Hall–Kier alpha value is -3.14. The van der Waals surface area contributed by atoms with Gasteiger partial charge in [0, 0.05) is 19.5 Å². The molecule has 1 aliphatic heterocycles. The van der Waals surface area contributed by atoms with Gasteiger partial charge in [0.1, 0.15) is 33.9 Å². The molecule has 0 saturated carbocycles. The fourth-order valence-electron chi connectivity index (χ4n) is 3.71. The summed E-state index contributed by atoms with van der Waals surface area (Å²) in [6.45, 7) is 2.08. The van der Waals surface area contributed by atoms with E-state index in [1.807, 2.05) is 13.0 Å². The fourth-order valence-corrected chi connectivity index (χ4v) is 4.77. The van der Waals surface area contributed by atoms with Crippen LogP contribution in [-0.2, 0) is 11.2 Å². The number of halogens is 1. The molecule has 7 nitrogen and oxygen atoms in total. The first-order valence-electron chi connectivity index (χ1n) is 9.89. The lowest BCUT2D eigenvalue weighted by Gasteiger charge is -2.24. The Bertz CT molecular complexity index is 1060. The number of anilines is 1. The Morgan fingerprint density at radius 3 is 2.52 bits per heavy atom. The van der Waals surface area contributed by atoms with E-state index in [-0.39, 0.29) is 30.6 Å². The third-order valence-corrected chi connectivity index (χ3v) is 6.64. The molecule has 0 radical (unpaired) electrons. The van der Waals surface area contributed by atoms with Gasteiger partial charge in [0.05, 0.1) is 17.7 Å². The summed E-state index contributed by atoms with van der Waals surface area (Å²) in [5.41, 5.74) is 11.4. The molecule has 4 N–H and O–H groups in total. The molecule has 31 heavy (non-hydrogen) atoms. The monoisotopic (exact) mass is 438 g/mol. The molecule has 0 aliphatic carbocycles. The topological polar surface area (TPSA) is 133 Å². The number of alkyl halides is 1.